The molecular formula is C64H74N2O20. The number of carbonyl (C=O) groups is 10. The summed E-state index contributed by atoms with van der Waals surface area (Å²) in [5, 5.41) is 29.4. The van der Waals surface area contributed by atoms with Crippen molar-refractivity contribution < 1.29 is 95.7 Å². The molecule has 4 N–H and O–H groups in total. The normalized spacial score (nSPS) is 28.8. The third kappa shape index (κ3) is 12.4. The molecule has 86 heavy (non-hydrogen) atoms. The Morgan fingerprint density at radius 3 is 2.01 bits per heavy atom. The number of ether oxygens (including phenoxy) is 7. The molecule has 22 heteroatoms. The van der Waals surface area contributed by atoms with Crippen LogP contribution >= 0.6 is 0 Å². The van der Waals surface area contributed by atoms with Gasteiger partial charge in [0.2, 0.25) is 17.9 Å². The van der Waals surface area contributed by atoms with Crippen LogP contribution in [0.25, 0.3) is 6.08 Å². The number of benzene rings is 2. The zero-order valence-electron chi connectivity index (χ0n) is 48.9. The minimum atomic E-state index is -2.57. The standard InChI is InChI=1S/C64H74N2O20/c1-35-44(82-60(77)52(84-58(75)41-23-15-16-24-41)50(39-17-9-7-10-18-39)66-56(73)43(26-28-48(70)71)65-47(69)27-25-38-29-30-79-33-38)32-64(78)55(85-59(76)42-19-11-8-12-20-42)53-62(6,54(72)51(81-36(2)67)49(35)61(64,4)5)45(83-57(74)40-21-13-14-22-40)31-46-63(53,34-80-46)86-37(3)68/h7-12,17-20,25,27,29-30,33,40-41,43-46,50-53,55,78H,13-16,21-24,26,28,31-32,34H2,1-6H3,(H,65,69)(H,66,73)(H,70,71)/b27-25+/t43-,44+,45+,46-,50+,51-,52-,53+,55+,62-,63+,64-/m1/s1. The van der Waals surface area contributed by atoms with Crippen LogP contribution in [0.4, 0.5) is 0 Å². The van der Waals surface area contributed by atoms with Crippen molar-refractivity contribution in [3.63, 3.8) is 0 Å². The molecule has 1 aromatic heterocycles. The Labute approximate surface area is 497 Å². The van der Waals surface area contributed by atoms with Gasteiger partial charge in [-0.3, -0.25) is 38.4 Å². The van der Waals surface area contributed by atoms with Gasteiger partial charge in [0.15, 0.2) is 17.5 Å². The van der Waals surface area contributed by atoms with Crippen molar-refractivity contribution in [2.24, 2.45) is 28.6 Å². The second-order valence-electron chi connectivity index (χ2n) is 24.2. The van der Waals surface area contributed by atoms with E-state index in [-0.39, 0.29) is 28.7 Å². The number of rotatable bonds is 20. The number of carboxylic acid groups (broad SMARTS) is 1. The summed E-state index contributed by atoms with van der Waals surface area (Å²) in [5.74, 6) is -12.4. The number of hydrogen-bond donors (Lipinski definition) is 4. The lowest BCUT2D eigenvalue weighted by Crippen LogP contribution is -2.82. The maximum atomic E-state index is 16.5. The predicted molar refractivity (Wildman–Crippen MR) is 300 cm³/mol. The SMILES string of the molecule is CC(=O)O[C@H]1C(=O)[C@]2(C)[C@@H](OC(=O)C3CCCC3)C[C@H]3OC[C@@]3(OC(C)=O)[C@H]2[C@H](OC(=O)c2ccccc2)[C@]2(O)C[C@H](OC(=O)[C@H](OC(=O)C3CCCC3)[C@@H](NC(=O)[C@@H](CCC(=O)O)NC(=O)/C=C/c3ccoc3)c3ccccc3)C(C)=C1C2(C)C. The van der Waals surface area contributed by atoms with Crippen LogP contribution in [0.3, 0.4) is 0 Å². The van der Waals surface area contributed by atoms with Crippen molar-refractivity contribution in [2.75, 3.05) is 6.61 Å². The topological polar surface area (TPSA) is 313 Å². The van der Waals surface area contributed by atoms with Crippen molar-refractivity contribution in [1.29, 1.82) is 0 Å². The van der Waals surface area contributed by atoms with E-state index in [9.17, 15) is 48.6 Å². The van der Waals surface area contributed by atoms with Crippen LogP contribution in [-0.4, -0.2) is 130 Å². The van der Waals surface area contributed by atoms with Crippen molar-refractivity contribution >= 4 is 65.5 Å². The Bertz CT molecular complexity index is 3140. The third-order valence-electron chi connectivity index (χ3n) is 18.5. The number of hydrogen-bond acceptors (Lipinski definition) is 19. The number of aliphatic hydroxyl groups is 1. The van der Waals surface area contributed by atoms with Gasteiger partial charge in [-0.2, -0.15) is 0 Å². The lowest BCUT2D eigenvalue weighted by Gasteiger charge is -2.67. The van der Waals surface area contributed by atoms with Gasteiger partial charge in [-0.1, -0.05) is 88.1 Å². The molecule has 5 fully saturated rings. The predicted octanol–water partition coefficient (Wildman–Crippen LogP) is 6.56. The maximum Gasteiger partial charge on any atom is 0.350 e. The van der Waals surface area contributed by atoms with Gasteiger partial charge in [0.1, 0.15) is 42.1 Å². The lowest BCUT2D eigenvalue weighted by molar-refractivity contribution is -0.346. The zero-order chi connectivity index (χ0) is 61.9. The number of fused-ring (bicyclic) bond motifs is 5. The first-order valence-corrected chi connectivity index (χ1v) is 29.3. The molecule has 2 aromatic carbocycles. The zero-order valence-corrected chi connectivity index (χ0v) is 48.9. The first kappa shape index (κ1) is 62.5. The average molecular weight is 1190 g/mol. The molecule has 5 aliphatic carbocycles. The van der Waals surface area contributed by atoms with E-state index in [1.54, 1.807) is 42.5 Å². The molecular weight excluding hydrogens is 1120 g/mol. The molecule has 6 aliphatic rings. The van der Waals surface area contributed by atoms with E-state index in [0.717, 1.165) is 32.8 Å². The second-order valence-corrected chi connectivity index (χ2v) is 24.2. The van der Waals surface area contributed by atoms with Gasteiger partial charge in [0.05, 0.1) is 47.9 Å². The molecule has 9 rings (SSSR count). The summed E-state index contributed by atoms with van der Waals surface area (Å²) in [7, 11) is 0. The van der Waals surface area contributed by atoms with Gasteiger partial charge in [0, 0.05) is 50.2 Å². The van der Waals surface area contributed by atoms with Gasteiger partial charge < -0.3 is 58.4 Å². The van der Waals surface area contributed by atoms with Crippen molar-refractivity contribution in [3.05, 3.63) is 113 Å². The quantitative estimate of drug-likeness (QED) is 0.0403. The number of esters is 6. The second kappa shape index (κ2) is 25.5. The minimum Gasteiger partial charge on any atom is -0.481 e. The summed E-state index contributed by atoms with van der Waals surface area (Å²) in [6.07, 6.45) is -2.22. The molecule has 2 heterocycles. The fraction of sp³-hybridized carbons (Fsp3) is 0.531. The van der Waals surface area contributed by atoms with Crippen LogP contribution in [0.5, 0.6) is 0 Å². The highest BCUT2D eigenvalue weighted by molar-refractivity contribution is 5.97. The van der Waals surface area contributed by atoms with Crippen LogP contribution in [0, 0.1) is 28.6 Å². The molecule has 1 saturated heterocycles. The number of Topliss-reactive ketones (excluding diaryl/α,β-unsaturated/α-hetero) is 1. The number of furan rings is 1. The van der Waals surface area contributed by atoms with Crippen LogP contribution < -0.4 is 10.6 Å². The van der Waals surface area contributed by atoms with Gasteiger partial charge in [-0.25, -0.2) is 9.59 Å². The van der Waals surface area contributed by atoms with E-state index in [0.29, 0.717) is 44.1 Å². The smallest absolute Gasteiger partial charge is 0.350 e. The highest BCUT2D eigenvalue weighted by Crippen LogP contribution is 2.65. The fourth-order valence-electron chi connectivity index (χ4n) is 14.0. The molecule has 22 nitrogen and oxygen atoms in total. The minimum absolute atomic E-state index is 0.00638. The Morgan fingerprint density at radius 2 is 1.43 bits per heavy atom. The van der Waals surface area contributed by atoms with Crippen LogP contribution in [-0.2, 0) is 76.3 Å². The summed E-state index contributed by atoms with van der Waals surface area (Å²) >= 11 is 0. The molecule has 1 aliphatic heterocycles. The van der Waals surface area contributed by atoms with E-state index < -0.39 is 174 Å². The number of amides is 2. The first-order chi connectivity index (χ1) is 40.9. The van der Waals surface area contributed by atoms with E-state index in [2.05, 4.69) is 10.6 Å². The third-order valence-corrected chi connectivity index (χ3v) is 18.5. The number of aliphatic carboxylic acids is 1. The molecule has 2 amide bonds. The van der Waals surface area contributed by atoms with Crippen LogP contribution in [0.2, 0.25) is 0 Å². The van der Waals surface area contributed by atoms with E-state index >= 15 is 9.59 Å². The summed E-state index contributed by atoms with van der Waals surface area (Å²) in [4.78, 5) is 143. The Balaban J connectivity index is 1.19. The average Bonchev–Trinajstić information content (AvgIpc) is 0.702. The number of carbonyl (C=O) groups excluding carboxylic acids is 9. The van der Waals surface area contributed by atoms with Gasteiger partial charge >= 0.3 is 41.8 Å². The van der Waals surface area contributed by atoms with Crippen molar-refractivity contribution in [3.8, 4) is 0 Å². The fourth-order valence-corrected chi connectivity index (χ4v) is 14.0. The maximum absolute atomic E-state index is 16.5. The van der Waals surface area contributed by atoms with Gasteiger partial charge in [0.25, 0.3) is 0 Å². The first-order valence-electron chi connectivity index (χ1n) is 29.3. The lowest BCUT2D eigenvalue weighted by atomic mass is 9.44. The van der Waals surface area contributed by atoms with Crippen molar-refractivity contribution in [1.82, 2.24) is 10.6 Å². The highest BCUT2D eigenvalue weighted by Gasteiger charge is 2.79. The molecule has 3 aromatic rings. The number of ketones is 1. The molecule has 12 atom stereocenters. The summed E-state index contributed by atoms with van der Waals surface area (Å²) in [5.41, 5.74) is -7.77. The monoisotopic (exact) mass is 1190 g/mol. The van der Waals surface area contributed by atoms with Crippen LogP contribution in [0.1, 0.15) is 146 Å². The van der Waals surface area contributed by atoms with Gasteiger partial charge in [-0.15, -0.1) is 0 Å². The van der Waals surface area contributed by atoms with Crippen molar-refractivity contribution in [2.45, 2.75) is 179 Å². The summed E-state index contributed by atoms with van der Waals surface area (Å²) < 4.78 is 49.4. The molecule has 0 spiro atoms. The van der Waals surface area contributed by atoms with E-state index in [4.69, 9.17) is 37.6 Å². The van der Waals surface area contributed by atoms with E-state index in [1.165, 1.54) is 70.6 Å². The molecule has 2 bridgehead atoms. The Hall–Kier alpha value is -7.98. The molecule has 4 saturated carbocycles. The van der Waals surface area contributed by atoms with Crippen LogP contribution in [0.15, 0.2) is 101 Å². The Kier molecular flexibility index (Phi) is 18.6. The molecule has 0 unspecified atom stereocenters. The Morgan fingerprint density at radius 1 is 0.791 bits per heavy atom. The highest BCUT2D eigenvalue weighted by atomic mass is 16.6. The summed E-state index contributed by atoms with van der Waals surface area (Å²) in [6.45, 7) is 7.82. The number of carboxylic acids is 1. The van der Waals surface area contributed by atoms with E-state index in [1.807, 2.05) is 0 Å². The largest absolute Gasteiger partial charge is 0.481 e. The molecule has 0 radical (unpaired) electrons. The number of nitrogens with one attached hydrogen (secondary N) is 2. The molecule has 460 valence electrons. The van der Waals surface area contributed by atoms with Gasteiger partial charge in [-0.05, 0) is 86.9 Å². The summed E-state index contributed by atoms with van der Waals surface area (Å²) in [6, 6.07) is 14.0.